The largest absolute Gasteiger partial charge is 0.325 e. The minimum atomic E-state index is -0.829. The molecule has 130 valence electrons. The van der Waals surface area contributed by atoms with Crippen molar-refractivity contribution in [3.05, 3.63) is 10.6 Å². The van der Waals surface area contributed by atoms with E-state index < -0.39 is 17.5 Å². The van der Waals surface area contributed by atoms with Gasteiger partial charge >= 0.3 is 6.03 Å². The number of nitrogens with zero attached hydrogens (tertiary/aromatic N) is 2. The van der Waals surface area contributed by atoms with Crippen LogP contribution in [0.4, 0.5) is 9.93 Å². The summed E-state index contributed by atoms with van der Waals surface area (Å²) in [6.45, 7) is 5.50. The smallest absolute Gasteiger partial charge is 0.323 e. The third-order valence-electron chi connectivity index (χ3n) is 5.08. The fraction of sp³-hybridized carbons (Fsp3) is 0.625. The summed E-state index contributed by atoms with van der Waals surface area (Å²) in [5.74, 6) is -0.603. The highest BCUT2D eigenvalue weighted by atomic mass is 32.1. The Hall–Kier alpha value is -1.96. The summed E-state index contributed by atoms with van der Waals surface area (Å²) in [5, 5.41) is 6.00. The van der Waals surface area contributed by atoms with Crippen molar-refractivity contribution in [3.8, 4) is 0 Å². The van der Waals surface area contributed by atoms with Crippen LogP contribution in [0.2, 0.25) is 0 Å². The number of carbonyl (C=O) groups is 3. The van der Waals surface area contributed by atoms with Crippen LogP contribution in [0, 0.1) is 19.8 Å². The van der Waals surface area contributed by atoms with E-state index in [0.29, 0.717) is 11.6 Å². The van der Waals surface area contributed by atoms with Crippen LogP contribution in [0.5, 0.6) is 0 Å². The third-order valence-corrected chi connectivity index (χ3v) is 6.07. The molecule has 24 heavy (non-hydrogen) atoms. The number of anilines is 1. The summed E-state index contributed by atoms with van der Waals surface area (Å²) in [5.41, 5.74) is 0.0320. The lowest BCUT2D eigenvalue weighted by molar-refractivity contribution is -0.136. The molecule has 1 saturated heterocycles. The van der Waals surface area contributed by atoms with Gasteiger partial charge in [-0.15, -0.1) is 11.3 Å². The van der Waals surface area contributed by atoms with E-state index in [1.165, 1.54) is 11.3 Å². The van der Waals surface area contributed by atoms with Gasteiger partial charge in [0.15, 0.2) is 5.13 Å². The molecule has 2 heterocycles. The van der Waals surface area contributed by atoms with E-state index in [2.05, 4.69) is 15.6 Å². The maximum Gasteiger partial charge on any atom is 0.325 e. The van der Waals surface area contributed by atoms with E-state index >= 15 is 0 Å². The van der Waals surface area contributed by atoms with Gasteiger partial charge in [-0.2, -0.15) is 0 Å². The van der Waals surface area contributed by atoms with Gasteiger partial charge in [-0.05, 0) is 32.6 Å². The Morgan fingerprint density at radius 2 is 2.17 bits per heavy atom. The second kappa shape index (κ2) is 6.16. The first kappa shape index (κ1) is 16.9. The Morgan fingerprint density at radius 1 is 1.42 bits per heavy atom. The molecule has 7 nitrogen and oxygen atoms in total. The molecule has 2 unspecified atom stereocenters. The Morgan fingerprint density at radius 3 is 2.79 bits per heavy atom. The summed E-state index contributed by atoms with van der Waals surface area (Å²) in [6, 6.07) is -0.476. The van der Waals surface area contributed by atoms with Gasteiger partial charge in [-0.3, -0.25) is 14.5 Å². The van der Waals surface area contributed by atoms with Gasteiger partial charge in [0.2, 0.25) is 5.91 Å². The van der Waals surface area contributed by atoms with Crippen molar-refractivity contribution >= 4 is 34.3 Å². The molecule has 2 aliphatic rings. The van der Waals surface area contributed by atoms with Gasteiger partial charge in [0.1, 0.15) is 12.1 Å². The second-order valence-corrected chi connectivity index (χ2v) is 7.85. The molecule has 2 N–H and O–H groups in total. The molecule has 3 rings (SSSR count). The van der Waals surface area contributed by atoms with E-state index in [9.17, 15) is 14.4 Å². The van der Waals surface area contributed by atoms with E-state index in [-0.39, 0.29) is 18.4 Å². The first-order valence-corrected chi connectivity index (χ1v) is 9.03. The molecule has 0 radical (unpaired) electrons. The van der Waals surface area contributed by atoms with Crippen LogP contribution in [0.25, 0.3) is 0 Å². The van der Waals surface area contributed by atoms with Crippen LogP contribution >= 0.6 is 11.3 Å². The van der Waals surface area contributed by atoms with Crippen molar-refractivity contribution in [2.24, 2.45) is 5.92 Å². The Bertz CT molecular complexity index is 682. The topological polar surface area (TPSA) is 91.4 Å². The average Bonchev–Trinajstić information content (AvgIpc) is 2.94. The van der Waals surface area contributed by atoms with Gasteiger partial charge in [-0.1, -0.05) is 19.8 Å². The second-order valence-electron chi connectivity index (χ2n) is 6.65. The van der Waals surface area contributed by atoms with Crippen molar-refractivity contribution in [3.63, 3.8) is 0 Å². The molecular formula is C16H22N4O3S. The molecule has 0 aromatic carbocycles. The average molecular weight is 350 g/mol. The van der Waals surface area contributed by atoms with E-state index in [4.69, 9.17) is 0 Å². The molecule has 1 aliphatic heterocycles. The number of aromatic nitrogens is 1. The van der Waals surface area contributed by atoms with Crippen molar-refractivity contribution in [1.29, 1.82) is 0 Å². The van der Waals surface area contributed by atoms with Gasteiger partial charge < -0.3 is 10.6 Å². The lowest BCUT2D eigenvalue weighted by Crippen LogP contribution is -2.54. The van der Waals surface area contributed by atoms with Gasteiger partial charge in [-0.25, -0.2) is 9.78 Å². The molecule has 1 aromatic heterocycles. The van der Waals surface area contributed by atoms with Crippen LogP contribution in [-0.4, -0.2) is 39.8 Å². The summed E-state index contributed by atoms with van der Waals surface area (Å²) in [4.78, 5) is 43.6. The standard InChI is InChI=1S/C16H22N4O3S/c1-9-6-4-5-7-16(9)13(22)20(15(23)19-16)8-12(21)18-14-17-10(2)11(3)24-14/h9H,4-8H2,1-3H3,(H,19,23)(H,17,18,21). The van der Waals surface area contributed by atoms with Crippen molar-refractivity contribution in [2.45, 2.75) is 52.0 Å². The number of imide groups is 1. The van der Waals surface area contributed by atoms with Crippen LogP contribution < -0.4 is 10.6 Å². The zero-order chi connectivity index (χ0) is 17.5. The highest BCUT2D eigenvalue weighted by Crippen LogP contribution is 2.38. The van der Waals surface area contributed by atoms with E-state index in [0.717, 1.165) is 34.7 Å². The minimum Gasteiger partial charge on any atom is -0.323 e. The fourth-order valence-corrected chi connectivity index (χ4v) is 4.30. The maximum atomic E-state index is 12.8. The quantitative estimate of drug-likeness (QED) is 0.818. The molecule has 1 aromatic rings. The molecule has 8 heteroatoms. The number of carbonyl (C=O) groups excluding carboxylic acids is 3. The zero-order valence-electron chi connectivity index (χ0n) is 14.1. The van der Waals surface area contributed by atoms with Crippen molar-refractivity contribution in [1.82, 2.24) is 15.2 Å². The predicted molar refractivity (Wildman–Crippen MR) is 90.8 cm³/mol. The van der Waals surface area contributed by atoms with Gasteiger partial charge in [0.05, 0.1) is 5.69 Å². The Labute approximate surface area is 144 Å². The lowest BCUT2D eigenvalue weighted by Gasteiger charge is -2.36. The Kier molecular flexibility index (Phi) is 4.33. The fourth-order valence-electron chi connectivity index (χ4n) is 3.47. The highest BCUT2D eigenvalue weighted by molar-refractivity contribution is 7.15. The van der Waals surface area contributed by atoms with Crippen molar-refractivity contribution in [2.75, 3.05) is 11.9 Å². The first-order valence-electron chi connectivity index (χ1n) is 8.21. The number of urea groups is 1. The monoisotopic (exact) mass is 350 g/mol. The van der Waals surface area contributed by atoms with Gasteiger partial charge in [0, 0.05) is 4.88 Å². The Balaban J connectivity index is 1.69. The maximum absolute atomic E-state index is 12.8. The lowest BCUT2D eigenvalue weighted by atomic mass is 9.73. The van der Waals surface area contributed by atoms with Crippen LogP contribution in [0.3, 0.4) is 0 Å². The van der Waals surface area contributed by atoms with E-state index in [1.807, 2.05) is 20.8 Å². The number of amides is 4. The summed E-state index contributed by atoms with van der Waals surface area (Å²) in [7, 11) is 0. The normalized spacial score (nSPS) is 26.8. The predicted octanol–water partition coefficient (Wildman–Crippen LogP) is 2.20. The summed E-state index contributed by atoms with van der Waals surface area (Å²) >= 11 is 1.38. The molecule has 2 fully saturated rings. The van der Waals surface area contributed by atoms with Crippen LogP contribution in [0.1, 0.15) is 43.2 Å². The first-order chi connectivity index (χ1) is 11.3. The minimum absolute atomic E-state index is 0.0834. The molecular weight excluding hydrogens is 328 g/mol. The molecule has 2 atom stereocenters. The molecule has 1 aliphatic carbocycles. The highest BCUT2D eigenvalue weighted by Gasteiger charge is 2.55. The van der Waals surface area contributed by atoms with E-state index in [1.54, 1.807) is 0 Å². The number of rotatable bonds is 3. The van der Waals surface area contributed by atoms with Crippen LogP contribution in [-0.2, 0) is 9.59 Å². The number of nitrogens with one attached hydrogen (secondary N) is 2. The van der Waals surface area contributed by atoms with Gasteiger partial charge in [0.25, 0.3) is 5.91 Å². The number of hydrogen-bond acceptors (Lipinski definition) is 5. The number of aryl methyl sites for hydroxylation is 2. The zero-order valence-corrected chi connectivity index (χ0v) is 15.0. The molecule has 4 amide bonds. The molecule has 1 spiro atoms. The summed E-state index contributed by atoms with van der Waals surface area (Å²) < 4.78 is 0. The van der Waals surface area contributed by atoms with Crippen LogP contribution in [0.15, 0.2) is 0 Å². The molecule has 0 bridgehead atoms. The SMILES string of the molecule is Cc1nc(NC(=O)CN2C(=O)NC3(CCCCC3C)C2=O)sc1C. The summed E-state index contributed by atoms with van der Waals surface area (Å²) in [6.07, 6.45) is 3.52. The number of hydrogen-bond donors (Lipinski definition) is 2. The third kappa shape index (κ3) is 2.79. The number of thiazole rings is 1. The van der Waals surface area contributed by atoms with Crippen molar-refractivity contribution < 1.29 is 14.4 Å². The molecule has 1 saturated carbocycles.